The van der Waals surface area contributed by atoms with Crippen LogP contribution in [0.2, 0.25) is 0 Å². The normalized spacial score (nSPS) is 11.1. The first-order valence-electron chi connectivity index (χ1n) is 5.84. The zero-order valence-electron chi connectivity index (χ0n) is 11.3. The number of methoxy groups -OCH3 is 1. The van der Waals surface area contributed by atoms with Crippen molar-refractivity contribution in [1.82, 2.24) is 5.32 Å². The van der Waals surface area contributed by atoms with E-state index in [0.717, 1.165) is 0 Å². The third kappa shape index (κ3) is 3.92. The molecule has 2 amide bonds. The maximum atomic E-state index is 12.0. The van der Waals surface area contributed by atoms with Gasteiger partial charge in [-0.05, 0) is 12.1 Å². The predicted molar refractivity (Wildman–Crippen MR) is 74.8 cm³/mol. The maximum Gasteiger partial charge on any atom is 0.327 e. The van der Waals surface area contributed by atoms with E-state index in [-0.39, 0.29) is 6.42 Å². The molecule has 106 valence electrons. The first kappa shape index (κ1) is 15.4. The predicted octanol–water partition coefficient (Wildman–Crippen LogP) is 1.32. The number of amides is 2. The van der Waals surface area contributed by atoms with E-state index in [2.05, 4.69) is 11.2 Å². The molecular formula is C14H16N2O4. The highest BCUT2D eigenvalue weighted by Gasteiger charge is 2.21. The van der Waals surface area contributed by atoms with E-state index in [9.17, 15) is 9.59 Å². The minimum absolute atomic E-state index is 0.0764. The lowest BCUT2D eigenvalue weighted by molar-refractivity contribution is -0.139. The van der Waals surface area contributed by atoms with Crippen molar-refractivity contribution in [2.24, 2.45) is 0 Å². The minimum atomic E-state index is -1.17. The van der Waals surface area contributed by atoms with Gasteiger partial charge in [-0.15, -0.1) is 12.3 Å². The molecule has 0 saturated heterocycles. The van der Waals surface area contributed by atoms with E-state index in [4.69, 9.17) is 16.3 Å². The Morgan fingerprint density at radius 2 is 2.25 bits per heavy atom. The monoisotopic (exact) mass is 276 g/mol. The van der Waals surface area contributed by atoms with Gasteiger partial charge in [0.05, 0.1) is 7.11 Å². The van der Waals surface area contributed by atoms with Crippen LogP contribution in [0.3, 0.4) is 0 Å². The number of nitrogens with one attached hydrogen (secondary N) is 1. The number of rotatable bonds is 5. The Bertz CT molecular complexity index is 536. The summed E-state index contributed by atoms with van der Waals surface area (Å²) < 4.78 is 5.06. The van der Waals surface area contributed by atoms with Gasteiger partial charge in [0.25, 0.3) is 0 Å². The quantitative estimate of drug-likeness (QED) is 0.795. The molecule has 0 fully saturated rings. The van der Waals surface area contributed by atoms with Crippen molar-refractivity contribution in [3.63, 3.8) is 0 Å². The van der Waals surface area contributed by atoms with Crippen LogP contribution in [0.25, 0.3) is 0 Å². The fourth-order valence-electron chi connectivity index (χ4n) is 1.50. The van der Waals surface area contributed by atoms with Crippen molar-refractivity contribution in [2.45, 2.75) is 12.5 Å². The summed E-state index contributed by atoms with van der Waals surface area (Å²) in [5, 5.41) is 11.3. The molecule has 0 aliphatic carbocycles. The van der Waals surface area contributed by atoms with E-state index in [0.29, 0.717) is 11.4 Å². The highest BCUT2D eigenvalue weighted by molar-refractivity contribution is 5.94. The highest BCUT2D eigenvalue weighted by atomic mass is 16.5. The molecule has 0 aliphatic rings. The summed E-state index contributed by atoms with van der Waals surface area (Å²) in [5.74, 6) is 1.64. The van der Waals surface area contributed by atoms with Gasteiger partial charge in [0.2, 0.25) is 0 Å². The van der Waals surface area contributed by atoms with Gasteiger partial charge in [-0.1, -0.05) is 6.07 Å². The number of hydrogen-bond donors (Lipinski definition) is 2. The van der Waals surface area contributed by atoms with Gasteiger partial charge < -0.3 is 15.2 Å². The molecule has 0 saturated carbocycles. The number of carboxylic acid groups (broad SMARTS) is 1. The van der Waals surface area contributed by atoms with Gasteiger partial charge in [-0.3, -0.25) is 4.90 Å². The van der Waals surface area contributed by atoms with Crippen molar-refractivity contribution < 1.29 is 19.4 Å². The van der Waals surface area contributed by atoms with E-state index in [1.807, 2.05) is 0 Å². The second kappa shape index (κ2) is 7.04. The smallest absolute Gasteiger partial charge is 0.327 e. The zero-order valence-corrected chi connectivity index (χ0v) is 11.3. The third-order valence-electron chi connectivity index (χ3n) is 2.66. The Labute approximate surface area is 117 Å². The fraction of sp³-hybridized carbons (Fsp3) is 0.286. The topological polar surface area (TPSA) is 78.9 Å². The summed E-state index contributed by atoms with van der Waals surface area (Å²) in [5.41, 5.74) is 0.576. The van der Waals surface area contributed by atoms with Crippen molar-refractivity contribution in [2.75, 3.05) is 19.1 Å². The Morgan fingerprint density at radius 3 is 2.80 bits per heavy atom. The molecule has 0 heterocycles. The number of urea groups is 1. The summed E-state index contributed by atoms with van der Waals surface area (Å²) in [6.45, 7) is 0. The lowest BCUT2D eigenvalue weighted by Crippen LogP contribution is -2.46. The minimum Gasteiger partial charge on any atom is -0.497 e. The Kier molecular flexibility index (Phi) is 5.42. The van der Waals surface area contributed by atoms with Crippen molar-refractivity contribution in [3.05, 3.63) is 24.3 Å². The zero-order chi connectivity index (χ0) is 15.1. The molecule has 6 nitrogen and oxygen atoms in total. The first-order chi connectivity index (χ1) is 9.49. The van der Waals surface area contributed by atoms with Gasteiger partial charge >= 0.3 is 12.0 Å². The summed E-state index contributed by atoms with van der Waals surface area (Å²) in [7, 11) is 3.05. The highest BCUT2D eigenvalue weighted by Crippen LogP contribution is 2.19. The average Bonchev–Trinajstić information content (AvgIpc) is 2.45. The Morgan fingerprint density at radius 1 is 1.55 bits per heavy atom. The Hall–Kier alpha value is -2.68. The van der Waals surface area contributed by atoms with Crippen molar-refractivity contribution >= 4 is 17.7 Å². The molecule has 1 rings (SSSR count). The van der Waals surface area contributed by atoms with Crippen molar-refractivity contribution in [3.8, 4) is 18.1 Å². The molecule has 20 heavy (non-hydrogen) atoms. The van der Waals surface area contributed by atoms with Crippen LogP contribution in [-0.2, 0) is 4.79 Å². The third-order valence-corrected chi connectivity index (χ3v) is 2.66. The van der Waals surface area contributed by atoms with Crippen LogP contribution in [0, 0.1) is 12.3 Å². The molecule has 1 atom stereocenters. The SMILES string of the molecule is C#CCC(NC(=O)N(C)c1cccc(OC)c1)C(=O)O. The number of aliphatic carboxylic acids is 1. The average molecular weight is 276 g/mol. The number of terminal acetylenes is 1. The second-order valence-electron chi connectivity index (χ2n) is 4.01. The molecule has 0 aliphatic heterocycles. The number of ether oxygens (including phenoxy) is 1. The molecule has 0 radical (unpaired) electrons. The standard InChI is InChI=1S/C14H16N2O4/c1-4-6-12(13(17)18)15-14(19)16(2)10-7-5-8-11(9-10)20-3/h1,5,7-9,12H,6H2,2-3H3,(H,15,19)(H,17,18). The van der Waals surface area contributed by atoms with Gasteiger partial charge in [0, 0.05) is 25.2 Å². The Balaban J connectivity index is 2.80. The van der Waals surface area contributed by atoms with Crippen LogP contribution in [0.1, 0.15) is 6.42 Å². The van der Waals surface area contributed by atoms with Crippen LogP contribution in [-0.4, -0.2) is 37.3 Å². The molecule has 1 unspecified atom stereocenters. The number of nitrogens with zero attached hydrogens (tertiary/aromatic N) is 1. The number of carbonyl (C=O) groups excluding carboxylic acids is 1. The molecule has 1 aromatic carbocycles. The number of benzene rings is 1. The van der Waals surface area contributed by atoms with Crippen molar-refractivity contribution in [1.29, 1.82) is 0 Å². The second-order valence-corrected chi connectivity index (χ2v) is 4.01. The lowest BCUT2D eigenvalue weighted by Gasteiger charge is -2.21. The largest absolute Gasteiger partial charge is 0.497 e. The maximum absolute atomic E-state index is 12.0. The molecule has 0 aromatic heterocycles. The van der Waals surface area contributed by atoms with Crippen LogP contribution >= 0.6 is 0 Å². The van der Waals surface area contributed by atoms with E-state index >= 15 is 0 Å². The van der Waals surface area contributed by atoms with E-state index in [1.54, 1.807) is 24.3 Å². The fourth-order valence-corrected chi connectivity index (χ4v) is 1.50. The molecule has 2 N–H and O–H groups in total. The van der Waals surface area contributed by atoms with Crippen LogP contribution in [0.5, 0.6) is 5.75 Å². The summed E-state index contributed by atoms with van der Waals surface area (Å²) in [4.78, 5) is 24.2. The summed E-state index contributed by atoms with van der Waals surface area (Å²) >= 11 is 0. The summed E-state index contributed by atoms with van der Waals surface area (Å²) in [6.07, 6.45) is 5.00. The van der Waals surface area contributed by atoms with Gasteiger partial charge in [0.15, 0.2) is 0 Å². The van der Waals surface area contributed by atoms with Gasteiger partial charge in [-0.2, -0.15) is 0 Å². The number of carboxylic acids is 1. The number of anilines is 1. The van der Waals surface area contributed by atoms with Crippen LogP contribution in [0.15, 0.2) is 24.3 Å². The number of hydrogen-bond acceptors (Lipinski definition) is 3. The molecule has 6 heteroatoms. The van der Waals surface area contributed by atoms with Crippen LogP contribution < -0.4 is 15.0 Å². The molecule has 0 spiro atoms. The van der Waals surface area contributed by atoms with Crippen LogP contribution in [0.4, 0.5) is 10.5 Å². The number of carbonyl (C=O) groups is 2. The van der Waals surface area contributed by atoms with Gasteiger partial charge in [-0.25, -0.2) is 9.59 Å². The molecule has 1 aromatic rings. The van der Waals surface area contributed by atoms with E-state index in [1.165, 1.54) is 19.1 Å². The molecular weight excluding hydrogens is 260 g/mol. The van der Waals surface area contributed by atoms with E-state index < -0.39 is 18.0 Å². The summed E-state index contributed by atoms with van der Waals surface area (Å²) in [6, 6.07) is 5.18. The van der Waals surface area contributed by atoms with Gasteiger partial charge in [0.1, 0.15) is 11.8 Å². The lowest BCUT2D eigenvalue weighted by atomic mass is 10.2. The molecule has 0 bridgehead atoms. The first-order valence-corrected chi connectivity index (χ1v) is 5.84.